The minimum absolute atomic E-state index is 0.390. The van der Waals surface area contributed by atoms with Crippen molar-refractivity contribution in [2.75, 3.05) is 14.2 Å². The van der Waals surface area contributed by atoms with Crippen LogP contribution in [0.3, 0.4) is 0 Å². The highest BCUT2D eigenvalue weighted by atomic mass is 32.1. The number of ether oxygens (including phenoxy) is 1. The number of benzene rings is 1. The lowest BCUT2D eigenvalue weighted by Gasteiger charge is -2.42. The number of aromatic nitrogens is 3. The van der Waals surface area contributed by atoms with Gasteiger partial charge in [0.15, 0.2) is 0 Å². The molecule has 4 rings (SSSR count). The van der Waals surface area contributed by atoms with E-state index >= 15 is 0 Å². The highest BCUT2D eigenvalue weighted by molar-refractivity contribution is 7.18. The van der Waals surface area contributed by atoms with Gasteiger partial charge in [0.1, 0.15) is 0 Å². The first-order chi connectivity index (χ1) is 12.5. The molecule has 3 aromatic rings. The van der Waals surface area contributed by atoms with E-state index in [0.717, 1.165) is 16.6 Å². The number of nitrogens with zero attached hydrogens (tertiary/aromatic N) is 4. The zero-order chi connectivity index (χ0) is 18.3. The minimum Gasteiger partial charge on any atom is -0.467 e. The Morgan fingerprint density at radius 1 is 1.15 bits per heavy atom. The molecule has 1 aromatic carbocycles. The lowest BCUT2D eigenvalue weighted by molar-refractivity contribution is 0.108. The van der Waals surface area contributed by atoms with Gasteiger partial charge in [0.25, 0.3) is 0 Å². The lowest BCUT2D eigenvalue weighted by Crippen LogP contribution is -2.44. The van der Waals surface area contributed by atoms with Gasteiger partial charge in [0.2, 0.25) is 0 Å². The van der Waals surface area contributed by atoms with Crippen molar-refractivity contribution in [2.24, 2.45) is 0 Å². The molecule has 1 aliphatic carbocycles. The Hall–Kier alpha value is -2.05. The summed E-state index contributed by atoms with van der Waals surface area (Å²) in [6, 6.07) is 8.07. The monoisotopic (exact) mass is 368 g/mol. The van der Waals surface area contributed by atoms with Crippen molar-refractivity contribution in [3.63, 3.8) is 0 Å². The molecule has 6 heteroatoms. The summed E-state index contributed by atoms with van der Waals surface area (Å²) in [7, 11) is 3.80. The predicted octanol–water partition coefficient (Wildman–Crippen LogP) is 4.35. The van der Waals surface area contributed by atoms with Crippen LogP contribution in [0.15, 0.2) is 30.6 Å². The molecule has 2 heterocycles. The second kappa shape index (κ2) is 6.93. The van der Waals surface area contributed by atoms with E-state index in [-0.39, 0.29) is 0 Å². The molecule has 5 nitrogen and oxygen atoms in total. The molecule has 1 saturated carbocycles. The van der Waals surface area contributed by atoms with E-state index in [9.17, 15) is 0 Å². The molecule has 136 valence electrons. The number of thiazole rings is 1. The third kappa shape index (κ3) is 3.19. The molecule has 0 bridgehead atoms. The van der Waals surface area contributed by atoms with Crippen LogP contribution in [0.4, 0.5) is 0 Å². The van der Waals surface area contributed by atoms with Crippen LogP contribution in [0.1, 0.15) is 37.6 Å². The van der Waals surface area contributed by atoms with Gasteiger partial charge in [-0.15, -0.1) is 11.3 Å². The summed E-state index contributed by atoms with van der Waals surface area (Å²) in [5.74, 6) is 0.603. The molecule has 0 atom stereocenters. The first-order valence-corrected chi connectivity index (χ1v) is 9.85. The summed E-state index contributed by atoms with van der Waals surface area (Å²) in [6.45, 7) is 4.52. The van der Waals surface area contributed by atoms with Crippen LogP contribution >= 0.6 is 11.3 Å². The van der Waals surface area contributed by atoms with Gasteiger partial charge in [-0.05, 0) is 51.4 Å². The van der Waals surface area contributed by atoms with E-state index in [2.05, 4.69) is 54.0 Å². The summed E-state index contributed by atoms with van der Waals surface area (Å²) in [5, 5.41) is 1.27. The van der Waals surface area contributed by atoms with Gasteiger partial charge in [0, 0.05) is 36.0 Å². The maximum Gasteiger partial charge on any atom is 0.316 e. The lowest BCUT2D eigenvalue weighted by atomic mass is 9.79. The second-order valence-electron chi connectivity index (χ2n) is 7.27. The number of methoxy groups -OCH3 is 1. The molecule has 0 radical (unpaired) electrons. The number of hydrogen-bond acceptors (Lipinski definition) is 6. The molecule has 2 aromatic heterocycles. The Morgan fingerprint density at radius 2 is 1.88 bits per heavy atom. The van der Waals surface area contributed by atoms with Crippen LogP contribution in [0, 0.1) is 0 Å². The Balaban J connectivity index is 1.53. The maximum atomic E-state index is 5.03. The molecule has 1 fully saturated rings. The van der Waals surface area contributed by atoms with Crippen LogP contribution in [-0.2, 0) is 0 Å². The predicted molar refractivity (Wildman–Crippen MR) is 106 cm³/mol. The number of hydrogen-bond donors (Lipinski definition) is 0. The molecule has 0 aliphatic heterocycles. The van der Waals surface area contributed by atoms with Crippen molar-refractivity contribution in [3.8, 4) is 17.1 Å². The molecular formula is C20H24N4OS. The molecule has 0 amide bonds. The fourth-order valence-electron chi connectivity index (χ4n) is 3.41. The van der Waals surface area contributed by atoms with Crippen LogP contribution in [0.2, 0.25) is 0 Å². The van der Waals surface area contributed by atoms with Gasteiger partial charge < -0.3 is 9.64 Å². The van der Waals surface area contributed by atoms with Crippen LogP contribution < -0.4 is 4.74 Å². The first kappa shape index (κ1) is 17.4. The molecule has 1 aliphatic rings. The van der Waals surface area contributed by atoms with Crippen LogP contribution in [0.25, 0.3) is 21.3 Å². The van der Waals surface area contributed by atoms with Crippen molar-refractivity contribution in [1.82, 2.24) is 19.9 Å². The third-order valence-corrected chi connectivity index (χ3v) is 6.58. The van der Waals surface area contributed by atoms with Crippen molar-refractivity contribution in [2.45, 2.75) is 44.7 Å². The van der Waals surface area contributed by atoms with E-state index in [1.54, 1.807) is 19.5 Å². The summed E-state index contributed by atoms with van der Waals surface area (Å²) >= 11 is 1.82. The Morgan fingerprint density at radius 3 is 2.54 bits per heavy atom. The molecule has 0 saturated heterocycles. The molecule has 0 N–H and O–H groups in total. The Bertz CT molecular complexity index is 900. The third-order valence-electron chi connectivity index (χ3n) is 5.40. The average molecular weight is 369 g/mol. The number of rotatable bonds is 5. The van der Waals surface area contributed by atoms with Crippen molar-refractivity contribution >= 4 is 21.6 Å². The van der Waals surface area contributed by atoms with E-state index in [4.69, 9.17) is 9.72 Å². The highest BCUT2D eigenvalue weighted by Gasteiger charge is 2.35. The van der Waals surface area contributed by atoms with Crippen LogP contribution in [0.5, 0.6) is 6.01 Å². The summed E-state index contributed by atoms with van der Waals surface area (Å²) in [5.41, 5.74) is 3.19. The fraction of sp³-hybridized carbons (Fsp3) is 0.450. The standard InChI is InChI=1S/C20H24N4OS/c1-12(2)24(3)16-7-14(8-16)19-23-17-6-5-13(9-18(17)26-19)15-10-21-20(25-4)22-11-15/h5-6,9-12,14,16H,7-8H2,1-4H3/t14-,16-. The van der Waals surface area contributed by atoms with Crippen molar-refractivity contribution < 1.29 is 4.74 Å². The van der Waals surface area contributed by atoms with Gasteiger partial charge in [-0.25, -0.2) is 15.0 Å². The largest absolute Gasteiger partial charge is 0.467 e. The van der Waals surface area contributed by atoms with Gasteiger partial charge >= 0.3 is 6.01 Å². The Labute approximate surface area is 158 Å². The summed E-state index contributed by atoms with van der Waals surface area (Å²) in [6.07, 6.45) is 6.03. The van der Waals surface area contributed by atoms with Gasteiger partial charge in [-0.3, -0.25) is 0 Å². The summed E-state index contributed by atoms with van der Waals surface area (Å²) in [4.78, 5) is 15.8. The zero-order valence-electron chi connectivity index (χ0n) is 15.6. The second-order valence-corrected chi connectivity index (χ2v) is 8.34. The minimum atomic E-state index is 0.390. The average Bonchev–Trinajstić information content (AvgIpc) is 3.02. The van der Waals surface area contributed by atoms with Crippen molar-refractivity contribution in [3.05, 3.63) is 35.6 Å². The Kier molecular flexibility index (Phi) is 4.63. The van der Waals surface area contributed by atoms with Gasteiger partial charge in [-0.2, -0.15) is 0 Å². The highest BCUT2D eigenvalue weighted by Crippen LogP contribution is 2.43. The molecular weight excluding hydrogens is 344 g/mol. The van der Waals surface area contributed by atoms with E-state index in [0.29, 0.717) is 24.0 Å². The fourth-order valence-corrected chi connectivity index (χ4v) is 4.54. The first-order valence-electron chi connectivity index (χ1n) is 9.04. The van der Waals surface area contributed by atoms with E-state index < -0.39 is 0 Å². The quantitative estimate of drug-likeness (QED) is 0.670. The topological polar surface area (TPSA) is 51.1 Å². The molecule has 26 heavy (non-hydrogen) atoms. The van der Waals surface area contributed by atoms with Crippen LogP contribution in [-0.4, -0.2) is 46.1 Å². The molecule has 0 spiro atoms. The van der Waals surface area contributed by atoms with E-state index in [1.807, 2.05) is 11.3 Å². The summed E-state index contributed by atoms with van der Waals surface area (Å²) < 4.78 is 6.26. The van der Waals surface area contributed by atoms with Gasteiger partial charge in [-0.1, -0.05) is 6.07 Å². The zero-order valence-corrected chi connectivity index (χ0v) is 16.5. The molecule has 0 unspecified atom stereocenters. The number of fused-ring (bicyclic) bond motifs is 1. The smallest absolute Gasteiger partial charge is 0.316 e. The van der Waals surface area contributed by atoms with E-state index in [1.165, 1.54) is 22.5 Å². The maximum absolute atomic E-state index is 5.03. The normalized spacial score (nSPS) is 19.9. The van der Waals surface area contributed by atoms with Crippen molar-refractivity contribution in [1.29, 1.82) is 0 Å². The SMILES string of the molecule is COc1ncc(-c2ccc3nc([C@H]4C[C@H](N(C)C(C)C)C4)sc3c2)cn1. The van der Waals surface area contributed by atoms with Gasteiger partial charge in [0.05, 0.1) is 22.3 Å².